The molecule has 0 atom stereocenters. The number of nitrogens with zero attached hydrogens (tertiary/aromatic N) is 2. The molecule has 0 bridgehead atoms. The Morgan fingerprint density at radius 3 is 2.69 bits per heavy atom. The number of hydrogen-bond acceptors (Lipinski definition) is 6. The summed E-state index contributed by atoms with van der Waals surface area (Å²) < 4.78 is 13.8. The standard InChI is InChI=1S/C23H17FN4O3S/c1-14-9-10-16(12-21(14)28(30)31)22(29)25-17-6-4-5-15(11-17)20-13-32-23(27-20)26-19-8-3-2-7-18(19)24/h2-13H,1H3,(H,25,29)(H,26,27). The van der Waals surface area contributed by atoms with Crippen LogP contribution in [0.5, 0.6) is 0 Å². The molecule has 0 aliphatic rings. The van der Waals surface area contributed by atoms with E-state index in [4.69, 9.17) is 0 Å². The molecular formula is C23H17FN4O3S. The van der Waals surface area contributed by atoms with E-state index in [-0.39, 0.29) is 17.1 Å². The molecule has 4 rings (SSSR count). The highest BCUT2D eigenvalue weighted by Gasteiger charge is 2.15. The molecule has 4 aromatic rings. The fraction of sp³-hybridized carbons (Fsp3) is 0.0435. The molecule has 0 fully saturated rings. The average molecular weight is 448 g/mol. The van der Waals surface area contributed by atoms with E-state index < -0.39 is 10.8 Å². The highest BCUT2D eigenvalue weighted by atomic mass is 32.1. The van der Waals surface area contributed by atoms with Gasteiger partial charge < -0.3 is 10.6 Å². The van der Waals surface area contributed by atoms with Crippen LogP contribution in [0, 0.1) is 22.9 Å². The number of para-hydroxylation sites is 1. The summed E-state index contributed by atoms with van der Waals surface area (Å²) >= 11 is 1.33. The van der Waals surface area contributed by atoms with Crippen LogP contribution < -0.4 is 10.6 Å². The van der Waals surface area contributed by atoms with Gasteiger partial charge in [0.2, 0.25) is 0 Å². The zero-order chi connectivity index (χ0) is 22.7. The molecule has 1 amide bonds. The topological polar surface area (TPSA) is 97.2 Å². The quantitative estimate of drug-likeness (QED) is 0.272. The number of thiazole rings is 1. The first-order valence-electron chi connectivity index (χ1n) is 9.54. The number of halogens is 1. The summed E-state index contributed by atoms with van der Waals surface area (Å²) in [5.74, 6) is -0.823. The van der Waals surface area contributed by atoms with Crippen LogP contribution in [0.1, 0.15) is 15.9 Å². The number of nitro benzene ring substituents is 1. The van der Waals surface area contributed by atoms with E-state index in [1.54, 1.807) is 55.5 Å². The van der Waals surface area contributed by atoms with Gasteiger partial charge in [0, 0.05) is 33.8 Å². The van der Waals surface area contributed by atoms with E-state index in [0.29, 0.717) is 27.8 Å². The van der Waals surface area contributed by atoms with E-state index in [2.05, 4.69) is 15.6 Å². The SMILES string of the molecule is Cc1ccc(C(=O)Nc2cccc(-c3csc(Nc4ccccc4F)n3)c2)cc1[N+](=O)[O-]. The molecule has 0 unspecified atom stereocenters. The third-order valence-electron chi connectivity index (χ3n) is 4.70. The lowest BCUT2D eigenvalue weighted by molar-refractivity contribution is -0.385. The number of nitrogens with one attached hydrogen (secondary N) is 2. The Balaban J connectivity index is 1.51. The van der Waals surface area contributed by atoms with Gasteiger partial charge >= 0.3 is 0 Å². The van der Waals surface area contributed by atoms with Crippen LogP contribution in [0.3, 0.4) is 0 Å². The lowest BCUT2D eigenvalue weighted by Crippen LogP contribution is -2.12. The third-order valence-corrected chi connectivity index (χ3v) is 5.46. The number of carbonyl (C=O) groups excluding carboxylic acids is 1. The minimum Gasteiger partial charge on any atom is -0.329 e. The number of rotatable bonds is 6. The summed E-state index contributed by atoms with van der Waals surface area (Å²) in [4.78, 5) is 27.7. The fourth-order valence-electron chi connectivity index (χ4n) is 3.05. The van der Waals surface area contributed by atoms with Crippen molar-refractivity contribution in [1.82, 2.24) is 4.98 Å². The van der Waals surface area contributed by atoms with Crippen LogP contribution in [0.4, 0.5) is 26.6 Å². The van der Waals surface area contributed by atoms with Crippen molar-refractivity contribution in [3.63, 3.8) is 0 Å². The van der Waals surface area contributed by atoms with Crippen molar-refractivity contribution in [1.29, 1.82) is 0 Å². The molecule has 0 saturated heterocycles. The number of nitro groups is 1. The molecule has 7 nitrogen and oxygen atoms in total. The highest BCUT2D eigenvalue weighted by Crippen LogP contribution is 2.29. The predicted molar refractivity (Wildman–Crippen MR) is 123 cm³/mol. The second-order valence-corrected chi connectivity index (χ2v) is 7.79. The summed E-state index contributed by atoms with van der Waals surface area (Å²) in [6.07, 6.45) is 0. The van der Waals surface area contributed by atoms with Crippen molar-refractivity contribution in [2.75, 3.05) is 10.6 Å². The molecule has 0 aliphatic carbocycles. The molecule has 9 heteroatoms. The number of hydrogen-bond donors (Lipinski definition) is 2. The molecular weight excluding hydrogens is 431 g/mol. The lowest BCUT2D eigenvalue weighted by atomic mass is 10.1. The summed E-state index contributed by atoms with van der Waals surface area (Å²) in [5.41, 5.74) is 2.85. The second kappa shape index (κ2) is 8.94. The molecule has 0 saturated carbocycles. The van der Waals surface area contributed by atoms with Crippen LogP contribution in [-0.4, -0.2) is 15.8 Å². The van der Waals surface area contributed by atoms with Gasteiger partial charge in [-0.2, -0.15) is 0 Å². The number of aromatic nitrogens is 1. The molecule has 1 aromatic heterocycles. The molecule has 3 aromatic carbocycles. The smallest absolute Gasteiger partial charge is 0.273 e. The van der Waals surface area contributed by atoms with Crippen molar-refractivity contribution in [2.24, 2.45) is 0 Å². The zero-order valence-electron chi connectivity index (χ0n) is 16.8. The van der Waals surface area contributed by atoms with Gasteiger partial charge in [-0.1, -0.05) is 30.3 Å². The Labute approximate surface area is 186 Å². The first kappa shape index (κ1) is 21.1. The maximum atomic E-state index is 13.8. The van der Waals surface area contributed by atoms with Crippen molar-refractivity contribution >= 4 is 39.4 Å². The average Bonchev–Trinajstić information content (AvgIpc) is 3.24. The van der Waals surface area contributed by atoms with Crippen LogP contribution >= 0.6 is 11.3 Å². The van der Waals surface area contributed by atoms with E-state index >= 15 is 0 Å². The first-order valence-corrected chi connectivity index (χ1v) is 10.4. The van der Waals surface area contributed by atoms with E-state index in [9.17, 15) is 19.3 Å². The van der Waals surface area contributed by atoms with Gasteiger partial charge in [0.15, 0.2) is 5.13 Å². The summed E-state index contributed by atoms with van der Waals surface area (Å²) in [7, 11) is 0. The largest absolute Gasteiger partial charge is 0.329 e. The van der Waals surface area contributed by atoms with Crippen molar-refractivity contribution < 1.29 is 14.1 Å². The minimum absolute atomic E-state index is 0.108. The van der Waals surface area contributed by atoms with Crippen LogP contribution in [0.25, 0.3) is 11.3 Å². The van der Waals surface area contributed by atoms with Gasteiger partial charge in [0.05, 0.1) is 16.3 Å². The van der Waals surface area contributed by atoms with Crippen LogP contribution in [-0.2, 0) is 0 Å². The molecule has 0 radical (unpaired) electrons. The number of anilines is 3. The Morgan fingerprint density at radius 2 is 1.91 bits per heavy atom. The molecule has 0 aliphatic heterocycles. The molecule has 0 spiro atoms. The van der Waals surface area contributed by atoms with Crippen molar-refractivity contribution in [3.05, 3.63) is 99.2 Å². The molecule has 2 N–H and O–H groups in total. The number of carbonyl (C=O) groups is 1. The lowest BCUT2D eigenvalue weighted by Gasteiger charge is -2.07. The highest BCUT2D eigenvalue weighted by molar-refractivity contribution is 7.14. The van der Waals surface area contributed by atoms with Gasteiger partial charge in [0.25, 0.3) is 11.6 Å². The Hall–Kier alpha value is -4.11. The normalized spacial score (nSPS) is 10.6. The van der Waals surface area contributed by atoms with Gasteiger partial charge in [0.1, 0.15) is 5.82 Å². The summed E-state index contributed by atoms with van der Waals surface area (Å²) in [5, 5.41) is 19.2. The van der Waals surface area contributed by atoms with Gasteiger partial charge in [-0.25, -0.2) is 9.37 Å². The third kappa shape index (κ3) is 4.62. The number of aryl methyl sites for hydroxylation is 1. The van der Waals surface area contributed by atoms with Gasteiger partial charge in [-0.3, -0.25) is 14.9 Å². The maximum absolute atomic E-state index is 13.8. The number of amides is 1. The fourth-order valence-corrected chi connectivity index (χ4v) is 3.78. The molecule has 160 valence electrons. The van der Waals surface area contributed by atoms with E-state index in [1.807, 2.05) is 11.4 Å². The van der Waals surface area contributed by atoms with Crippen molar-refractivity contribution in [3.8, 4) is 11.3 Å². The van der Waals surface area contributed by atoms with Crippen molar-refractivity contribution in [2.45, 2.75) is 6.92 Å². The predicted octanol–water partition coefficient (Wildman–Crippen LogP) is 6.16. The van der Waals surface area contributed by atoms with E-state index in [0.717, 1.165) is 5.56 Å². The van der Waals surface area contributed by atoms with Crippen LogP contribution in [0.15, 0.2) is 72.1 Å². The molecule has 1 heterocycles. The van der Waals surface area contributed by atoms with E-state index in [1.165, 1.54) is 23.5 Å². The summed E-state index contributed by atoms with van der Waals surface area (Å²) in [6, 6.07) is 17.8. The van der Waals surface area contributed by atoms with Gasteiger partial charge in [-0.15, -0.1) is 11.3 Å². The molecule has 32 heavy (non-hydrogen) atoms. The van der Waals surface area contributed by atoms with Gasteiger partial charge in [-0.05, 0) is 37.3 Å². The van der Waals surface area contributed by atoms with Crippen LogP contribution in [0.2, 0.25) is 0 Å². The maximum Gasteiger partial charge on any atom is 0.273 e. The minimum atomic E-state index is -0.512. The summed E-state index contributed by atoms with van der Waals surface area (Å²) in [6.45, 7) is 1.62. The zero-order valence-corrected chi connectivity index (χ0v) is 17.7. The Bertz CT molecular complexity index is 1320. The second-order valence-electron chi connectivity index (χ2n) is 6.94. The first-order chi connectivity index (χ1) is 15.4. The Kier molecular flexibility index (Phi) is 5.91. The number of benzene rings is 3. The monoisotopic (exact) mass is 448 g/mol. The Morgan fingerprint density at radius 1 is 1.09 bits per heavy atom.